The van der Waals surface area contributed by atoms with Gasteiger partial charge in [-0.15, -0.1) is 0 Å². The zero-order chi connectivity index (χ0) is 22.0. The van der Waals surface area contributed by atoms with Crippen molar-refractivity contribution >= 4 is 5.91 Å². The van der Waals surface area contributed by atoms with Gasteiger partial charge in [-0.1, -0.05) is 30.3 Å². The first-order valence-corrected chi connectivity index (χ1v) is 10.1. The maximum atomic E-state index is 13.4. The summed E-state index contributed by atoms with van der Waals surface area (Å²) in [5.41, 5.74) is 4.34. The topological polar surface area (TPSA) is 64.7 Å². The van der Waals surface area contributed by atoms with E-state index >= 15 is 0 Å². The van der Waals surface area contributed by atoms with Crippen molar-refractivity contribution in [3.63, 3.8) is 0 Å². The maximum Gasteiger partial charge on any atom is 0.225 e. The van der Waals surface area contributed by atoms with Crippen molar-refractivity contribution < 1.29 is 9.18 Å². The third-order valence-corrected chi connectivity index (χ3v) is 5.40. The molecule has 0 bridgehead atoms. The summed E-state index contributed by atoms with van der Waals surface area (Å²) in [6.07, 6.45) is 3.68. The first-order chi connectivity index (χ1) is 14.9. The van der Waals surface area contributed by atoms with E-state index in [9.17, 15) is 9.18 Å². The average Bonchev–Trinajstić information content (AvgIpc) is 3.31. The van der Waals surface area contributed by atoms with Gasteiger partial charge in [0, 0.05) is 30.7 Å². The molecule has 0 aliphatic carbocycles. The quantitative estimate of drug-likeness (QED) is 0.519. The van der Waals surface area contributed by atoms with E-state index in [1.165, 1.54) is 12.1 Å². The van der Waals surface area contributed by atoms with Gasteiger partial charge in [0.2, 0.25) is 5.91 Å². The van der Waals surface area contributed by atoms with Gasteiger partial charge < -0.3 is 9.88 Å². The van der Waals surface area contributed by atoms with E-state index in [1.807, 2.05) is 66.7 Å². The SMILES string of the molecule is Cc1nn(-c2ccccc2)c(C)c1CC(=O)NC(c1ccc(F)cc1)c1nccn1C. The lowest BCUT2D eigenvalue weighted by atomic mass is 10.0. The minimum atomic E-state index is -0.488. The first-order valence-electron chi connectivity index (χ1n) is 10.1. The fraction of sp³-hybridized carbons (Fsp3) is 0.208. The second-order valence-electron chi connectivity index (χ2n) is 7.52. The fourth-order valence-electron chi connectivity index (χ4n) is 3.73. The summed E-state index contributed by atoms with van der Waals surface area (Å²) in [5, 5.41) is 7.69. The highest BCUT2D eigenvalue weighted by Crippen LogP contribution is 2.22. The normalized spacial score (nSPS) is 12.0. The van der Waals surface area contributed by atoms with Gasteiger partial charge in [-0.25, -0.2) is 14.1 Å². The predicted molar refractivity (Wildman–Crippen MR) is 116 cm³/mol. The molecule has 0 saturated carbocycles. The van der Waals surface area contributed by atoms with Crippen molar-refractivity contribution in [3.8, 4) is 5.69 Å². The Labute approximate surface area is 180 Å². The van der Waals surface area contributed by atoms with Crippen molar-refractivity contribution in [1.82, 2.24) is 24.6 Å². The Morgan fingerprint density at radius 3 is 2.45 bits per heavy atom. The van der Waals surface area contributed by atoms with Crippen LogP contribution < -0.4 is 5.32 Å². The summed E-state index contributed by atoms with van der Waals surface area (Å²) in [6, 6.07) is 15.4. The molecule has 1 amide bonds. The molecular formula is C24H24FN5O. The zero-order valence-electron chi connectivity index (χ0n) is 17.7. The minimum absolute atomic E-state index is 0.156. The van der Waals surface area contributed by atoms with E-state index in [4.69, 9.17) is 0 Å². The van der Waals surface area contributed by atoms with Gasteiger partial charge in [-0.3, -0.25) is 4.79 Å². The Hall–Kier alpha value is -3.74. The van der Waals surface area contributed by atoms with E-state index in [0.717, 1.165) is 28.2 Å². The Morgan fingerprint density at radius 2 is 1.81 bits per heavy atom. The predicted octanol–water partition coefficient (Wildman–Crippen LogP) is 3.81. The number of amides is 1. The molecule has 7 heteroatoms. The Morgan fingerprint density at radius 1 is 1.10 bits per heavy atom. The lowest BCUT2D eigenvalue weighted by molar-refractivity contribution is -0.121. The van der Waals surface area contributed by atoms with Gasteiger partial charge >= 0.3 is 0 Å². The van der Waals surface area contributed by atoms with Crippen LogP contribution in [0.1, 0.15) is 34.4 Å². The molecule has 0 radical (unpaired) electrons. The Kier molecular flexibility index (Phi) is 5.66. The molecule has 2 aromatic heterocycles. The highest BCUT2D eigenvalue weighted by atomic mass is 19.1. The van der Waals surface area contributed by atoms with Crippen LogP contribution in [0.15, 0.2) is 67.0 Å². The summed E-state index contributed by atoms with van der Waals surface area (Å²) in [4.78, 5) is 17.5. The van der Waals surface area contributed by atoms with Crippen LogP contribution in [0, 0.1) is 19.7 Å². The lowest BCUT2D eigenvalue weighted by Crippen LogP contribution is -2.32. The molecule has 0 aliphatic heterocycles. The maximum absolute atomic E-state index is 13.4. The number of carbonyl (C=O) groups is 1. The summed E-state index contributed by atoms with van der Waals surface area (Å²) < 4.78 is 17.1. The third kappa shape index (κ3) is 4.26. The van der Waals surface area contributed by atoms with Gasteiger partial charge in [0.1, 0.15) is 17.7 Å². The number of aryl methyl sites for hydroxylation is 2. The molecule has 1 unspecified atom stereocenters. The lowest BCUT2D eigenvalue weighted by Gasteiger charge is -2.19. The van der Waals surface area contributed by atoms with Crippen LogP contribution in [-0.4, -0.2) is 25.2 Å². The monoisotopic (exact) mass is 417 g/mol. The van der Waals surface area contributed by atoms with Gasteiger partial charge in [-0.2, -0.15) is 5.10 Å². The summed E-state index contributed by atoms with van der Waals surface area (Å²) in [7, 11) is 1.86. The molecule has 31 heavy (non-hydrogen) atoms. The number of para-hydroxylation sites is 1. The second-order valence-corrected chi connectivity index (χ2v) is 7.52. The summed E-state index contributed by atoms with van der Waals surface area (Å²) in [5.74, 6) is 0.192. The van der Waals surface area contributed by atoms with E-state index in [-0.39, 0.29) is 18.1 Å². The Balaban J connectivity index is 1.60. The van der Waals surface area contributed by atoms with Crippen LogP contribution in [0.25, 0.3) is 5.69 Å². The molecule has 4 aromatic rings. The van der Waals surface area contributed by atoms with Crippen LogP contribution in [0.5, 0.6) is 0 Å². The number of aromatic nitrogens is 4. The minimum Gasteiger partial charge on any atom is -0.342 e. The van der Waals surface area contributed by atoms with E-state index in [1.54, 1.807) is 18.3 Å². The van der Waals surface area contributed by atoms with Crippen molar-refractivity contribution in [2.45, 2.75) is 26.3 Å². The molecule has 4 rings (SSSR count). The van der Waals surface area contributed by atoms with Crippen LogP contribution in [-0.2, 0) is 18.3 Å². The molecule has 1 N–H and O–H groups in total. The second kappa shape index (κ2) is 8.55. The number of benzene rings is 2. The summed E-state index contributed by atoms with van der Waals surface area (Å²) >= 11 is 0. The number of carbonyl (C=O) groups excluding carboxylic acids is 1. The highest BCUT2D eigenvalue weighted by molar-refractivity contribution is 5.80. The molecule has 2 heterocycles. The van der Waals surface area contributed by atoms with Crippen molar-refractivity contribution in [2.75, 3.05) is 0 Å². The fourth-order valence-corrected chi connectivity index (χ4v) is 3.73. The van der Waals surface area contributed by atoms with Gasteiger partial charge in [0.25, 0.3) is 0 Å². The van der Waals surface area contributed by atoms with Gasteiger partial charge in [0.05, 0.1) is 17.8 Å². The van der Waals surface area contributed by atoms with Crippen LogP contribution in [0.3, 0.4) is 0 Å². The van der Waals surface area contributed by atoms with E-state index < -0.39 is 6.04 Å². The van der Waals surface area contributed by atoms with Crippen molar-refractivity contribution in [3.05, 3.63) is 101 Å². The Bertz CT molecular complexity index is 1190. The number of nitrogens with zero attached hydrogens (tertiary/aromatic N) is 4. The van der Waals surface area contributed by atoms with Crippen LogP contribution in [0.4, 0.5) is 4.39 Å². The molecular weight excluding hydrogens is 393 g/mol. The van der Waals surface area contributed by atoms with E-state index in [0.29, 0.717) is 5.82 Å². The molecule has 0 fully saturated rings. The van der Waals surface area contributed by atoms with Crippen molar-refractivity contribution in [1.29, 1.82) is 0 Å². The average molecular weight is 417 g/mol. The number of hydrogen-bond donors (Lipinski definition) is 1. The number of hydrogen-bond acceptors (Lipinski definition) is 3. The summed E-state index contributed by atoms with van der Waals surface area (Å²) in [6.45, 7) is 3.87. The van der Waals surface area contributed by atoms with E-state index in [2.05, 4.69) is 15.4 Å². The highest BCUT2D eigenvalue weighted by Gasteiger charge is 2.23. The molecule has 2 aromatic carbocycles. The third-order valence-electron chi connectivity index (χ3n) is 5.40. The molecule has 0 aliphatic rings. The number of nitrogens with one attached hydrogen (secondary N) is 1. The van der Waals surface area contributed by atoms with Gasteiger partial charge in [-0.05, 0) is 43.7 Å². The number of halogens is 1. The van der Waals surface area contributed by atoms with Crippen molar-refractivity contribution in [2.24, 2.45) is 7.05 Å². The zero-order valence-corrected chi connectivity index (χ0v) is 17.7. The molecule has 1 atom stereocenters. The molecule has 0 spiro atoms. The molecule has 0 saturated heterocycles. The largest absolute Gasteiger partial charge is 0.342 e. The van der Waals surface area contributed by atoms with Crippen LogP contribution >= 0.6 is 0 Å². The molecule has 6 nitrogen and oxygen atoms in total. The first kappa shape index (κ1) is 20.5. The number of imidazole rings is 1. The van der Waals surface area contributed by atoms with Crippen LogP contribution in [0.2, 0.25) is 0 Å². The number of rotatable bonds is 6. The smallest absolute Gasteiger partial charge is 0.225 e. The molecule has 158 valence electrons. The van der Waals surface area contributed by atoms with Gasteiger partial charge in [0.15, 0.2) is 0 Å². The standard InChI is InChI=1S/C24H24FN5O/c1-16-21(17(2)30(28-16)20-7-5-4-6-8-20)15-22(31)27-23(24-26-13-14-29(24)3)18-9-11-19(25)12-10-18/h4-14,23H,15H2,1-3H3,(H,27,31).